The number of esters is 1. The van der Waals surface area contributed by atoms with Crippen molar-refractivity contribution in [3.05, 3.63) is 54.6 Å². The van der Waals surface area contributed by atoms with Crippen LogP contribution in [0.2, 0.25) is 0 Å². The van der Waals surface area contributed by atoms with Crippen LogP contribution < -0.4 is 4.74 Å². The number of nitrogens with zero attached hydrogens (tertiary/aromatic N) is 3. The summed E-state index contributed by atoms with van der Waals surface area (Å²) in [6.07, 6.45) is 0.680. The van der Waals surface area contributed by atoms with Gasteiger partial charge in [0.05, 0.1) is 13.7 Å². The fourth-order valence-corrected chi connectivity index (χ4v) is 3.81. The van der Waals surface area contributed by atoms with E-state index in [2.05, 4.69) is 10.2 Å². The zero-order valence-corrected chi connectivity index (χ0v) is 15.0. The number of rotatable bonds is 5. The lowest BCUT2D eigenvalue weighted by Crippen LogP contribution is -2.11. The predicted octanol–water partition coefficient (Wildman–Crippen LogP) is 3.35. The molecule has 0 bridgehead atoms. The van der Waals surface area contributed by atoms with E-state index >= 15 is 0 Å². The second-order valence-corrected chi connectivity index (χ2v) is 6.94. The topological polar surface area (TPSA) is 66.2 Å². The molecule has 7 heteroatoms. The third kappa shape index (κ3) is 3.17. The van der Waals surface area contributed by atoms with Crippen LogP contribution in [0.3, 0.4) is 0 Å². The van der Waals surface area contributed by atoms with Crippen molar-refractivity contribution in [3.8, 4) is 22.8 Å². The van der Waals surface area contributed by atoms with E-state index in [9.17, 15) is 4.79 Å². The van der Waals surface area contributed by atoms with Gasteiger partial charge in [0.1, 0.15) is 11.0 Å². The van der Waals surface area contributed by atoms with Crippen molar-refractivity contribution in [1.82, 2.24) is 14.8 Å². The van der Waals surface area contributed by atoms with Crippen LogP contribution in [0.1, 0.15) is 6.42 Å². The van der Waals surface area contributed by atoms with Crippen LogP contribution in [0, 0.1) is 0 Å². The number of ether oxygens (including phenoxy) is 2. The molecule has 0 radical (unpaired) electrons. The van der Waals surface area contributed by atoms with E-state index < -0.39 is 0 Å². The van der Waals surface area contributed by atoms with Gasteiger partial charge in [-0.25, -0.2) is 0 Å². The van der Waals surface area contributed by atoms with E-state index in [-0.39, 0.29) is 11.2 Å². The standard InChI is InChI=1S/C19H17N3O3S/c1-24-15-9-7-14(8-10-15)22-17(13-5-3-2-4-6-13)20-21-19(22)26-16-11-12-25-18(16)23/h2-10,16H,11-12H2,1H3. The number of hydrogen-bond acceptors (Lipinski definition) is 6. The molecule has 132 valence electrons. The number of methoxy groups -OCH3 is 1. The summed E-state index contributed by atoms with van der Waals surface area (Å²) < 4.78 is 12.3. The van der Waals surface area contributed by atoms with E-state index in [0.717, 1.165) is 22.8 Å². The maximum Gasteiger partial charge on any atom is 0.319 e. The molecule has 1 aromatic heterocycles. The van der Waals surface area contributed by atoms with Crippen LogP contribution >= 0.6 is 11.8 Å². The van der Waals surface area contributed by atoms with Crippen molar-refractivity contribution in [1.29, 1.82) is 0 Å². The second-order valence-electron chi connectivity index (χ2n) is 5.77. The summed E-state index contributed by atoms with van der Waals surface area (Å²) >= 11 is 1.39. The summed E-state index contributed by atoms with van der Waals surface area (Å²) in [5.74, 6) is 1.31. The summed E-state index contributed by atoms with van der Waals surface area (Å²) in [7, 11) is 1.64. The highest BCUT2D eigenvalue weighted by atomic mass is 32.2. The lowest BCUT2D eigenvalue weighted by Gasteiger charge is -2.12. The van der Waals surface area contributed by atoms with Gasteiger partial charge in [0.2, 0.25) is 0 Å². The molecule has 1 atom stereocenters. The summed E-state index contributed by atoms with van der Waals surface area (Å²) in [5.41, 5.74) is 1.86. The molecule has 1 saturated heterocycles. The number of thioether (sulfide) groups is 1. The number of aromatic nitrogens is 3. The molecule has 0 saturated carbocycles. The van der Waals surface area contributed by atoms with Crippen molar-refractivity contribution < 1.29 is 14.3 Å². The summed E-state index contributed by atoms with van der Waals surface area (Å²) in [6.45, 7) is 0.457. The summed E-state index contributed by atoms with van der Waals surface area (Å²) in [6, 6.07) is 17.5. The van der Waals surface area contributed by atoms with Gasteiger partial charge < -0.3 is 9.47 Å². The van der Waals surface area contributed by atoms with Gasteiger partial charge in [-0.15, -0.1) is 10.2 Å². The quantitative estimate of drug-likeness (QED) is 0.644. The Labute approximate surface area is 155 Å². The Morgan fingerprint density at radius 2 is 1.88 bits per heavy atom. The largest absolute Gasteiger partial charge is 0.497 e. The molecule has 2 aromatic carbocycles. The second kappa shape index (κ2) is 7.21. The first-order valence-corrected chi connectivity index (χ1v) is 9.13. The molecule has 3 aromatic rings. The Balaban J connectivity index is 1.78. The molecule has 0 spiro atoms. The number of hydrogen-bond donors (Lipinski definition) is 0. The Kier molecular flexibility index (Phi) is 4.62. The Morgan fingerprint density at radius 1 is 1.12 bits per heavy atom. The zero-order chi connectivity index (χ0) is 17.9. The van der Waals surface area contributed by atoms with E-state index in [0.29, 0.717) is 18.2 Å². The third-order valence-corrected chi connectivity index (χ3v) is 5.32. The van der Waals surface area contributed by atoms with Gasteiger partial charge in [-0.2, -0.15) is 0 Å². The molecule has 1 aliphatic heterocycles. The van der Waals surface area contributed by atoms with E-state index in [1.807, 2.05) is 59.2 Å². The van der Waals surface area contributed by atoms with Crippen molar-refractivity contribution in [3.63, 3.8) is 0 Å². The van der Waals surface area contributed by atoms with Crippen LogP contribution in [0.5, 0.6) is 5.75 Å². The highest BCUT2D eigenvalue weighted by Gasteiger charge is 2.30. The molecule has 1 unspecified atom stereocenters. The van der Waals surface area contributed by atoms with Gasteiger partial charge in [-0.05, 0) is 24.3 Å². The van der Waals surface area contributed by atoms with Crippen molar-refractivity contribution >= 4 is 17.7 Å². The minimum Gasteiger partial charge on any atom is -0.497 e. The van der Waals surface area contributed by atoms with Gasteiger partial charge in [0.25, 0.3) is 0 Å². The number of carbonyl (C=O) groups excluding carboxylic acids is 1. The molecule has 26 heavy (non-hydrogen) atoms. The van der Waals surface area contributed by atoms with Crippen LogP contribution in [-0.2, 0) is 9.53 Å². The molecular weight excluding hydrogens is 350 g/mol. The normalized spacial score (nSPS) is 16.5. The van der Waals surface area contributed by atoms with Crippen LogP contribution in [0.25, 0.3) is 17.1 Å². The smallest absolute Gasteiger partial charge is 0.319 e. The van der Waals surface area contributed by atoms with Gasteiger partial charge in [-0.1, -0.05) is 42.1 Å². The number of benzene rings is 2. The molecule has 4 rings (SSSR count). The number of cyclic esters (lactones) is 1. The Bertz CT molecular complexity index is 910. The van der Waals surface area contributed by atoms with Gasteiger partial charge >= 0.3 is 5.97 Å². The first-order chi connectivity index (χ1) is 12.8. The lowest BCUT2D eigenvalue weighted by molar-refractivity contribution is -0.137. The van der Waals surface area contributed by atoms with Gasteiger partial charge in [0, 0.05) is 17.7 Å². The fourth-order valence-electron chi connectivity index (χ4n) is 2.80. The molecule has 0 amide bonds. The molecule has 6 nitrogen and oxygen atoms in total. The lowest BCUT2D eigenvalue weighted by atomic mass is 10.2. The molecule has 1 aliphatic rings. The predicted molar refractivity (Wildman–Crippen MR) is 98.6 cm³/mol. The first kappa shape index (κ1) is 16.7. The van der Waals surface area contributed by atoms with E-state index in [1.54, 1.807) is 7.11 Å². The first-order valence-electron chi connectivity index (χ1n) is 8.25. The highest BCUT2D eigenvalue weighted by Crippen LogP contribution is 2.33. The SMILES string of the molecule is COc1ccc(-n2c(SC3CCOC3=O)nnc2-c2ccccc2)cc1. The van der Waals surface area contributed by atoms with Crippen LogP contribution in [-0.4, -0.2) is 39.7 Å². The van der Waals surface area contributed by atoms with Crippen molar-refractivity contribution in [2.45, 2.75) is 16.8 Å². The minimum atomic E-state index is -0.250. The monoisotopic (exact) mass is 367 g/mol. The van der Waals surface area contributed by atoms with E-state index in [4.69, 9.17) is 9.47 Å². The van der Waals surface area contributed by atoms with Crippen LogP contribution in [0.4, 0.5) is 0 Å². The summed E-state index contributed by atoms with van der Waals surface area (Å²) in [5, 5.41) is 9.14. The maximum atomic E-state index is 11.9. The van der Waals surface area contributed by atoms with Gasteiger partial charge in [-0.3, -0.25) is 9.36 Å². The molecule has 2 heterocycles. The van der Waals surface area contributed by atoms with Crippen molar-refractivity contribution in [2.75, 3.05) is 13.7 Å². The molecular formula is C19H17N3O3S. The fraction of sp³-hybridized carbons (Fsp3) is 0.211. The maximum absolute atomic E-state index is 11.9. The van der Waals surface area contributed by atoms with Gasteiger partial charge in [0.15, 0.2) is 11.0 Å². The highest BCUT2D eigenvalue weighted by molar-refractivity contribution is 8.00. The molecule has 0 N–H and O–H groups in total. The Hall–Kier alpha value is -2.80. The average Bonchev–Trinajstić information content (AvgIpc) is 3.29. The average molecular weight is 367 g/mol. The molecule has 1 fully saturated rings. The molecule has 0 aliphatic carbocycles. The van der Waals surface area contributed by atoms with Crippen molar-refractivity contribution in [2.24, 2.45) is 0 Å². The third-order valence-electron chi connectivity index (χ3n) is 4.13. The minimum absolute atomic E-state index is 0.194. The summed E-state index contributed by atoms with van der Waals surface area (Å²) in [4.78, 5) is 11.9. The zero-order valence-electron chi connectivity index (χ0n) is 14.2. The number of carbonyl (C=O) groups is 1. The Morgan fingerprint density at radius 3 is 2.54 bits per heavy atom. The van der Waals surface area contributed by atoms with E-state index in [1.165, 1.54) is 11.8 Å². The van der Waals surface area contributed by atoms with Crippen LogP contribution in [0.15, 0.2) is 59.8 Å².